The number of nitrogens with one attached hydrogen (secondary N) is 3. The van der Waals surface area contributed by atoms with E-state index in [1.54, 1.807) is 19.5 Å². The molecule has 0 spiro atoms. The molecule has 1 saturated heterocycles. The Morgan fingerprint density at radius 1 is 1.14 bits per heavy atom. The van der Waals surface area contributed by atoms with Gasteiger partial charge in [-0.15, -0.1) is 0 Å². The normalized spacial score (nSPS) is 27.2. The summed E-state index contributed by atoms with van der Waals surface area (Å²) in [5, 5.41) is 6.85. The van der Waals surface area contributed by atoms with Crippen molar-refractivity contribution in [2.45, 2.75) is 50.2 Å². The van der Waals surface area contributed by atoms with Gasteiger partial charge in [0.25, 0.3) is 5.91 Å². The van der Waals surface area contributed by atoms with Gasteiger partial charge >= 0.3 is 0 Å². The van der Waals surface area contributed by atoms with Crippen LogP contribution in [-0.2, 0) is 9.53 Å². The Balaban J connectivity index is 1.23. The van der Waals surface area contributed by atoms with Gasteiger partial charge in [-0.3, -0.25) is 9.59 Å². The van der Waals surface area contributed by atoms with Crippen molar-refractivity contribution >= 4 is 28.5 Å². The van der Waals surface area contributed by atoms with Crippen molar-refractivity contribution in [1.82, 2.24) is 20.2 Å². The zero-order valence-electron chi connectivity index (χ0n) is 20.6. The first-order chi connectivity index (χ1) is 17.6. The van der Waals surface area contributed by atoms with E-state index in [4.69, 9.17) is 4.74 Å². The Labute approximate surface area is 210 Å². The summed E-state index contributed by atoms with van der Waals surface area (Å²) in [6.07, 6.45) is 6.22. The minimum atomic E-state index is -0.210. The predicted octanol–water partition coefficient (Wildman–Crippen LogP) is 3.88. The molecule has 0 bridgehead atoms. The summed E-state index contributed by atoms with van der Waals surface area (Å²) in [5.74, 6) is 0.124. The second-order valence-corrected chi connectivity index (χ2v) is 10.3. The molecule has 2 fully saturated rings. The fourth-order valence-corrected chi connectivity index (χ4v) is 6.56. The Morgan fingerprint density at radius 3 is 2.89 bits per heavy atom. The minimum Gasteiger partial charge on any atom is -0.383 e. The van der Waals surface area contributed by atoms with Crippen molar-refractivity contribution < 1.29 is 14.3 Å². The first-order valence-electron chi connectivity index (χ1n) is 13.0. The van der Waals surface area contributed by atoms with Crippen LogP contribution in [-0.4, -0.2) is 59.0 Å². The standard InChI is InChI=1S/C28H33N5O3/c1-36-15-25-19-12-13-33(26(19)18-6-2-4-8-21(18)31-25)28(35)20-7-3-5-9-22(20)32-27(34)17-10-11-23-24(14-17)30-16-29-23/h2,4,6,8,10-11,14,16,19-20,22,25-26,31H,3,5,7,9,12-13,15H2,1H3,(H,29,30)(H,32,34)/t19-,20+,22-,25+,26+/m1/s1. The van der Waals surface area contributed by atoms with E-state index in [9.17, 15) is 9.59 Å². The molecule has 3 N–H and O–H groups in total. The van der Waals surface area contributed by atoms with E-state index in [0.717, 1.165) is 55.4 Å². The number of benzene rings is 2. The SMILES string of the molecule is COC[C@@H]1Nc2ccccc2[C@H]2[C@@H]1CCN2C(=O)[C@H]1CCCC[C@H]1NC(=O)c1ccc2[nH]cnc2c1. The lowest BCUT2D eigenvalue weighted by molar-refractivity contribution is -0.139. The molecule has 2 aromatic carbocycles. The van der Waals surface area contributed by atoms with Crippen LogP contribution in [0, 0.1) is 11.8 Å². The van der Waals surface area contributed by atoms with Crippen molar-refractivity contribution in [2.75, 3.05) is 25.6 Å². The van der Waals surface area contributed by atoms with Gasteiger partial charge in [-0.2, -0.15) is 0 Å². The monoisotopic (exact) mass is 487 g/mol. The van der Waals surface area contributed by atoms with E-state index in [1.165, 1.54) is 5.56 Å². The Morgan fingerprint density at radius 2 is 2.00 bits per heavy atom. The molecule has 3 heterocycles. The highest BCUT2D eigenvalue weighted by Crippen LogP contribution is 2.47. The van der Waals surface area contributed by atoms with Crippen LogP contribution in [0.25, 0.3) is 11.0 Å². The largest absolute Gasteiger partial charge is 0.383 e. The summed E-state index contributed by atoms with van der Waals surface area (Å²) in [5.41, 5.74) is 4.50. The number of para-hydroxylation sites is 1. The number of anilines is 1. The molecule has 1 aliphatic carbocycles. The molecule has 3 aliphatic rings. The highest BCUT2D eigenvalue weighted by Gasteiger charge is 2.48. The number of H-pyrrole nitrogens is 1. The Hall–Kier alpha value is -3.39. The maximum atomic E-state index is 14.1. The summed E-state index contributed by atoms with van der Waals surface area (Å²) in [6.45, 7) is 1.34. The van der Waals surface area contributed by atoms with E-state index in [0.29, 0.717) is 18.1 Å². The molecular weight excluding hydrogens is 454 g/mol. The lowest BCUT2D eigenvalue weighted by Crippen LogP contribution is -2.50. The summed E-state index contributed by atoms with van der Waals surface area (Å²) < 4.78 is 5.52. The molecule has 8 nitrogen and oxygen atoms in total. The molecule has 0 unspecified atom stereocenters. The quantitative estimate of drug-likeness (QED) is 0.507. The lowest BCUT2D eigenvalue weighted by atomic mass is 9.81. The number of amides is 2. The van der Waals surface area contributed by atoms with Crippen LogP contribution in [0.4, 0.5) is 5.69 Å². The first kappa shape index (κ1) is 23.0. The van der Waals surface area contributed by atoms with Crippen molar-refractivity contribution in [1.29, 1.82) is 0 Å². The number of aromatic amines is 1. The average Bonchev–Trinajstić information content (AvgIpc) is 3.56. The molecule has 2 aliphatic heterocycles. The third kappa shape index (κ3) is 4.03. The van der Waals surface area contributed by atoms with Gasteiger partial charge in [0.1, 0.15) is 0 Å². The van der Waals surface area contributed by atoms with Crippen molar-refractivity contribution in [3.05, 3.63) is 59.9 Å². The molecule has 1 aromatic heterocycles. The average molecular weight is 488 g/mol. The van der Waals surface area contributed by atoms with E-state index >= 15 is 0 Å². The maximum absolute atomic E-state index is 14.1. The summed E-state index contributed by atoms with van der Waals surface area (Å²) in [6, 6.07) is 13.8. The maximum Gasteiger partial charge on any atom is 0.251 e. The lowest BCUT2D eigenvalue weighted by Gasteiger charge is -2.41. The number of aromatic nitrogens is 2. The van der Waals surface area contributed by atoms with Crippen LogP contribution in [0.2, 0.25) is 0 Å². The van der Waals surface area contributed by atoms with Crippen LogP contribution in [0.3, 0.4) is 0 Å². The number of ether oxygens (including phenoxy) is 1. The van der Waals surface area contributed by atoms with Gasteiger partial charge in [0.2, 0.25) is 5.91 Å². The van der Waals surface area contributed by atoms with Gasteiger partial charge in [-0.25, -0.2) is 4.98 Å². The number of nitrogens with zero attached hydrogens (tertiary/aromatic N) is 2. The molecule has 188 valence electrons. The van der Waals surface area contributed by atoms with Gasteiger partial charge in [0.05, 0.1) is 42.0 Å². The number of rotatable bonds is 5. The molecule has 36 heavy (non-hydrogen) atoms. The first-order valence-corrected chi connectivity index (χ1v) is 13.0. The van der Waals surface area contributed by atoms with Gasteiger partial charge in [-0.1, -0.05) is 31.0 Å². The molecule has 8 heteroatoms. The third-order valence-corrected chi connectivity index (χ3v) is 8.29. The highest BCUT2D eigenvalue weighted by molar-refractivity contribution is 5.97. The van der Waals surface area contributed by atoms with Crippen molar-refractivity contribution in [2.24, 2.45) is 11.8 Å². The fourth-order valence-electron chi connectivity index (χ4n) is 6.56. The summed E-state index contributed by atoms with van der Waals surface area (Å²) in [4.78, 5) is 36.7. The van der Waals surface area contributed by atoms with Crippen molar-refractivity contribution in [3.63, 3.8) is 0 Å². The molecule has 6 rings (SSSR count). The van der Waals surface area contributed by atoms with Gasteiger partial charge < -0.3 is 25.3 Å². The van der Waals surface area contributed by atoms with Gasteiger partial charge in [0, 0.05) is 36.9 Å². The second kappa shape index (κ2) is 9.58. The van der Waals surface area contributed by atoms with Crippen LogP contribution in [0.15, 0.2) is 48.8 Å². The Kier molecular flexibility index (Phi) is 6.13. The number of likely N-dealkylation sites (tertiary alicyclic amines) is 1. The zero-order chi connectivity index (χ0) is 24.6. The third-order valence-electron chi connectivity index (χ3n) is 8.29. The molecule has 0 radical (unpaired) electrons. The minimum absolute atomic E-state index is 0.0375. The number of fused-ring (bicyclic) bond motifs is 4. The molecular formula is C28H33N5O3. The Bertz CT molecular complexity index is 1270. The second-order valence-electron chi connectivity index (χ2n) is 10.3. The van der Waals surface area contributed by atoms with Gasteiger partial charge in [0.15, 0.2) is 0 Å². The van der Waals surface area contributed by atoms with E-state index in [1.807, 2.05) is 18.2 Å². The van der Waals surface area contributed by atoms with Crippen LogP contribution in [0.1, 0.15) is 54.1 Å². The van der Waals surface area contributed by atoms with Crippen LogP contribution < -0.4 is 10.6 Å². The predicted molar refractivity (Wildman–Crippen MR) is 138 cm³/mol. The molecule has 1 saturated carbocycles. The van der Waals surface area contributed by atoms with Crippen molar-refractivity contribution in [3.8, 4) is 0 Å². The molecule has 3 aromatic rings. The molecule has 2 amide bonds. The number of carbonyl (C=O) groups is 2. The number of imidazole rings is 1. The summed E-state index contributed by atoms with van der Waals surface area (Å²) >= 11 is 0. The summed E-state index contributed by atoms with van der Waals surface area (Å²) in [7, 11) is 1.73. The van der Waals surface area contributed by atoms with E-state index in [-0.39, 0.29) is 35.9 Å². The van der Waals surface area contributed by atoms with E-state index in [2.05, 4.69) is 43.7 Å². The number of methoxy groups -OCH3 is 1. The molecule has 5 atom stereocenters. The van der Waals surface area contributed by atoms with Crippen LogP contribution >= 0.6 is 0 Å². The van der Waals surface area contributed by atoms with E-state index < -0.39 is 0 Å². The van der Waals surface area contributed by atoms with Gasteiger partial charge in [-0.05, 0) is 49.1 Å². The topological polar surface area (TPSA) is 99.4 Å². The smallest absolute Gasteiger partial charge is 0.251 e. The number of hydrogen-bond donors (Lipinski definition) is 3. The number of carbonyl (C=O) groups excluding carboxylic acids is 2. The van der Waals surface area contributed by atoms with Crippen LogP contribution in [0.5, 0.6) is 0 Å². The fraction of sp³-hybridized carbons (Fsp3) is 0.464. The number of hydrogen-bond acceptors (Lipinski definition) is 5. The highest BCUT2D eigenvalue weighted by atomic mass is 16.5. The zero-order valence-corrected chi connectivity index (χ0v) is 20.6.